The molecule has 1 fully saturated rings. The number of hydrogen-bond donors (Lipinski definition) is 1. The van der Waals surface area contributed by atoms with Crippen molar-refractivity contribution in [3.8, 4) is 0 Å². The number of hydrogen-bond acceptors (Lipinski definition) is 2. The van der Waals surface area contributed by atoms with Crippen molar-refractivity contribution >= 4 is 0 Å². The molecule has 2 nitrogen and oxygen atoms in total. The number of hydroxylamine groups is 1. The monoisotopic (exact) mass is 217 g/mol. The molecule has 0 saturated carbocycles. The van der Waals surface area contributed by atoms with E-state index >= 15 is 0 Å². The molecule has 1 atom stereocenters. The lowest BCUT2D eigenvalue weighted by molar-refractivity contribution is -0.282. The molecular weight excluding hydrogens is 207 g/mol. The highest BCUT2D eigenvalue weighted by molar-refractivity contribution is 5.25. The summed E-state index contributed by atoms with van der Waals surface area (Å²) < 4.78 is 38.8. The first-order chi connectivity index (χ1) is 7.06. The first-order valence-corrected chi connectivity index (χ1v) is 4.59. The van der Waals surface area contributed by atoms with Crippen LogP contribution in [-0.2, 0) is 10.4 Å². The molecule has 1 heterocycles. The molecule has 15 heavy (non-hydrogen) atoms. The van der Waals surface area contributed by atoms with Gasteiger partial charge in [-0.05, 0) is 5.56 Å². The third-order valence-electron chi connectivity index (χ3n) is 2.52. The zero-order valence-corrected chi connectivity index (χ0v) is 7.84. The van der Waals surface area contributed by atoms with Gasteiger partial charge in [0.1, 0.15) is 0 Å². The van der Waals surface area contributed by atoms with E-state index in [1.807, 2.05) is 0 Å². The van der Waals surface area contributed by atoms with E-state index in [4.69, 9.17) is 4.84 Å². The molecule has 0 aliphatic carbocycles. The van der Waals surface area contributed by atoms with Gasteiger partial charge in [0.2, 0.25) is 5.60 Å². The van der Waals surface area contributed by atoms with E-state index in [0.29, 0.717) is 0 Å². The van der Waals surface area contributed by atoms with Gasteiger partial charge in [-0.3, -0.25) is 4.84 Å². The minimum Gasteiger partial charge on any atom is -0.281 e. The summed E-state index contributed by atoms with van der Waals surface area (Å²) in [5.41, 5.74) is 0.253. The highest BCUT2D eigenvalue weighted by Gasteiger charge is 2.59. The van der Waals surface area contributed by atoms with E-state index in [1.165, 1.54) is 12.1 Å². The fourth-order valence-electron chi connectivity index (χ4n) is 1.73. The zero-order valence-electron chi connectivity index (χ0n) is 7.84. The van der Waals surface area contributed by atoms with Crippen LogP contribution in [-0.4, -0.2) is 12.7 Å². The van der Waals surface area contributed by atoms with Crippen LogP contribution >= 0.6 is 0 Å². The predicted molar refractivity (Wildman–Crippen MR) is 47.9 cm³/mol. The fourth-order valence-corrected chi connectivity index (χ4v) is 1.73. The van der Waals surface area contributed by atoms with E-state index in [0.717, 1.165) is 0 Å². The van der Waals surface area contributed by atoms with Crippen LogP contribution < -0.4 is 5.48 Å². The minimum absolute atomic E-state index is 0.0967. The van der Waals surface area contributed by atoms with E-state index in [9.17, 15) is 13.2 Å². The van der Waals surface area contributed by atoms with Crippen LogP contribution in [0.3, 0.4) is 0 Å². The largest absolute Gasteiger partial charge is 0.423 e. The van der Waals surface area contributed by atoms with Gasteiger partial charge in [-0.2, -0.15) is 13.2 Å². The Kier molecular flexibility index (Phi) is 2.44. The van der Waals surface area contributed by atoms with Gasteiger partial charge >= 0.3 is 6.18 Å². The molecule has 1 aliphatic heterocycles. The molecule has 2 rings (SSSR count). The van der Waals surface area contributed by atoms with Crippen LogP contribution in [0.4, 0.5) is 13.2 Å². The predicted octanol–water partition coefficient (Wildman–Crippen LogP) is 2.37. The number of rotatable bonds is 1. The quantitative estimate of drug-likeness (QED) is 0.779. The van der Waals surface area contributed by atoms with Gasteiger partial charge in [0.05, 0.1) is 0 Å². The van der Waals surface area contributed by atoms with Gasteiger partial charge in [0, 0.05) is 13.0 Å². The first-order valence-electron chi connectivity index (χ1n) is 4.59. The number of halogens is 3. The molecule has 0 aromatic heterocycles. The van der Waals surface area contributed by atoms with Crippen LogP contribution in [0.1, 0.15) is 12.0 Å². The summed E-state index contributed by atoms with van der Waals surface area (Å²) in [5.74, 6) is 0. The lowest BCUT2D eigenvalue weighted by atomic mass is 9.90. The molecular formula is C10H10F3NO. The summed E-state index contributed by atoms with van der Waals surface area (Å²) in [5, 5.41) is 0. The Hall–Kier alpha value is -1.07. The lowest BCUT2D eigenvalue weighted by Gasteiger charge is -2.29. The maximum Gasteiger partial charge on any atom is 0.423 e. The Morgan fingerprint density at radius 2 is 1.87 bits per heavy atom. The average Bonchev–Trinajstić information content (AvgIpc) is 2.68. The molecule has 1 aliphatic rings. The van der Waals surface area contributed by atoms with Crippen LogP contribution in [0.5, 0.6) is 0 Å². The fraction of sp³-hybridized carbons (Fsp3) is 0.400. The molecule has 1 aromatic carbocycles. The second-order valence-corrected chi connectivity index (χ2v) is 3.44. The average molecular weight is 217 g/mol. The Morgan fingerprint density at radius 3 is 2.33 bits per heavy atom. The SMILES string of the molecule is FC(F)(F)C1(c2ccccc2)CCNO1. The maximum atomic E-state index is 12.9. The van der Waals surface area contributed by atoms with Gasteiger partial charge < -0.3 is 0 Å². The maximum absolute atomic E-state index is 12.9. The summed E-state index contributed by atoms with van der Waals surface area (Å²) in [4.78, 5) is 4.72. The second kappa shape index (κ2) is 3.50. The zero-order chi connectivity index (χ0) is 10.9. The molecule has 0 bridgehead atoms. The Morgan fingerprint density at radius 1 is 1.20 bits per heavy atom. The van der Waals surface area contributed by atoms with E-state index in [2.05, 4.69) is 5.48 Å². The second-order valence-electron chi connectivity index (χ2n) is 3.44. The first kappa shape index (κ1) is 10.4. The van der Waals surface area contributed by atoms with Gasteiger partial charge in [-0.15, -0.1) is 0 Å². The topological polar surface area (TPSA) is 21.3 Å². The number of benzene rings is 1. The summed E-state index contributed by atoms with van der Waals surface area (Å²) >= 11 is 0. The van der Waals surface area contributed by atoms with Gasteiger partial charge in [-0.25, -0.2) is 5.48 Å². The van der Waals surface area contributed by atoms with Crippen molar-refractivity contribution in [3.05, 3.63) is 35.9 Å². The van der Waals surface area contributed by atoms with E-state index < -0.39 is 11.8 Å². The summed E-state index contributed by atoms with van der Waals surface area (Å²) in [6, 6.07) is 7.69. The molecule has 1 aromatic rings. The van der Waals surface area contributed by atoms with Crippen molar-refractivity contribution in [2.24, 2.45) is 0 Å². The molecule has 1 saturated heterocycles. The Bertz CT molecular complexity index is 330. The van der Waals surface area contributed by atoms with Crippen molar-refractivity contribution in [2.75, 3.05) is 6.54 Å². The van der Waals surface area contributed by atoms with Crippen LogP contribution in [0, 0.1) is 0 Å². The molecule has 0 radical (unpaired) electrons. The molecule has 1 N–H and O–H groups in total. The van der Waals surface area contributed by atoms with E-state index in [-0.39, 0.29) is 18.5 Å². The van der Waals surface area contributed by atoms with Crippen molar-refractivity contribution in [1.29, 1.82) is 0 Å². The van der Waals surface area contributed by atoms with Crippen LogP contribution in [0.25, 0.3) is 0 Å². The smallest absolute Gasteiger partial charge is 0.281 e. The molecule has 82 valence electrons. The van der Waals surface area contributed by atoms with Crippen molar-refractivity contribution in [3.63, 3.8) is 0 Å². The van der Waals surface area contributed by atoms with Gasteiger partial charge in [0.25, 0.3) is 0 Å². The molecule has 0 spiro atoms. The summed E-state index contributed by atoms with van der Waals surface area (Å²) in [6.45, 7) is 0.203. The highest BCUT2D eigenvalue weighted by atomic mass is 19.4. The minimum atomic E-state index is -4.40. The highest BCUT2D eigenvalue weighted by Crippen LogP contribution is 2.45. The third kappa shape index (κ3) is 1.61. The third-order valence-corrected chi connectivity index (χ3v) is 2.52. The molecule has 0 amide bonds. The summed E-state index contributed by atoms with van der Waals surface area (Å²) in [7, 11) is 0. The summed E-state index contributed by atoms with van der Waals surface area (Å²) in [6.07, 6.45) is -4.50. The molecule has 5 heteroatoms. The van der Waals surface area contributed by atoms with Crippen molar-refractivity contribution < 1.29 is 18.0 Å². The van der Waals surface area contributed by atoms with Crippen molar-refractivity contribution in [2.45, 2.75) is 18.2 Å². The van der Waals surface area contributed by atoms with Crippen LogP contribution in [0.15, 0.2) is 30.3 Å². The van der Waals surface area contributed by atoms with Crippen molar-refractivity contribution in [1.82, 2.24) is 5.48 Å². The lowest BCUT2D eigenvalue weighted by Crippen LogP contribution is -2.42. The Labute approximate surface area is 85.0 Å². The molecule has 1 unspecified atom stereocenters. The van der Waals surface area contributed by atoms with Gasteiger partial charge in [-0.1, -0.05) is 30.3 Å². The normalized spacial score (nSPS) is 26.9. The standard InChI is InChI=1S/C10H10F3NO/c11-10(12,13)9(6-7-14-15-9)8-4-2-1-3-5-8/h1-5,14H,6-7H2. The number of nitrogens with one attached hydrogen (secondary N) is 1. The Balaban J connectivity index is 2.44. The number of alkyl halides is 3. The van der Waals surface area contributed by atoms with Gasteiger partial charge in [0.15, 0.2) is 0 Å². The van der Waals surface area contributed by atoms with E-state index in [1.54, 1.807) is 18.2 Å². The van der Waals surface area contributed by atoms with Crippen LogP contribution in [0.2, 0.25) is 0 Å².